The summed E-state index contributed by atoms with van der Waals surface area (Å²) in [5, 5.41) is 29.6. The first-order valence-corrected chi connectivity index (χ1v) is 36.2. The Labute approximate surface area is 580 Å². The molecule has 0 saturated carbocycles. The van der Waals surface area contributed by atoms with E-state index in [-0.39, 0.29) is 0 Å². The standard InChI is InChI=1S/C53H34NOP.C41H24BrN/c55-56(37-15-3-1-4-16-37,38-17-5-2-6-18-38)39-30-27-35(28-31-39)53-50-34-48(44-23-11-12-24-46(44)52(50)47-25-13-14-26-51(47)54-53)36-29-32-45-42-21-8-7-19-40(42)41-20-9-10-22-43(41)49(45)33-36;42-27-20-17-25(18-21-27)41-38-24-36(32-13-5-6-14-34(32)40(38)35-15-7-8-16-39(35)43-41)26-19-22-33-30-11-2-1-9-28(30)29-10-3-4-12-31(29)37(33)23-26/h1-34H;1-24H. The lowest BCUT2D eigenvalue weighted by atomic mass is 9.88. The van der Waals surface area contributed by atoms with E-state index in [4.69, 9.17) is 9.97 Å². The molecule has 462 valence electrons. The molecule has 5 heteroatoms. The molecule has 0 saturated heterocycles. The number of para-hydroxylation sites is 2. The summed E-state index contributed by atoms with van der Waals surface area (Å²) in [6.45, 7) is 0. The first-order valence-electron chi connectivity index (χ1n) is 33.7. The monoisotopic (exact) mass is 1340 g/mol. The van der Waals surface area contributed by atoms with E-state index < -0.39 is 7.14 Å². The van der Waals surface area contributed by atoms with Crippen molar-refractivity contribution in [1.82, 2.24) is 9.97 Å². The van der Waals surface area contributed by atoms with E-state index in [9.17, 15) is 0 Å². The van der Waals surface area contributed by atoms with Gasteiger partial charge in [0.15, 0.2) is 7.14 Å². The first kappa shape index (κ1) is 58.4. The number of benzene rings is 18. The van der Waals surface area contributed by atoms with E-state index >= 15 is 4.57 Å². The quantitative estimate of drug-likeness (QED) is 0.118. The Morgan fingerprint density at radius 1 is 0.212 bits per heavy atom. The maximum absolute atomic E-state index is 15.2. The van der Waals surface area contributed by atoms with Crippen LogP contribution in [0.4, 0.5) is 0 Å². The molecule has 18 aromatic carbocycles. The third-order valence-corrected chi connectivity index (χ3v) is 24.0. The van der Waals surface area contributed by atoms with Gasteiger partial charge in [0.25, 0.3) is 0 Å². The minimum Gasteiger partial charge on any atom is -0.309 e. The maximum atomic E-state index is 15.2. The van der Waals surface area contributed by atoms with E-state index in [2.05, 4.69) is 295 Å². The molecule has 0 aliphatic rings. The van der Waals surface area contributed by atoms with Gasteiger partial charge in [-0.25, -0.2) is 9.97 Å². The van der Waals surface area contributed by atoms with E-state index in [1.807, 2.05) is 72.8 Å². The van der Waals surface area contributed by atoms with Gasteiger partial charge in [0.2, 0.25) is 0 Å². The molecule has 0 atom stereocenters. The van der Waals surface area contributed by atoms with Crippen LogP contribution in [-0.4, -0.2) is 9.97 Å². The number of hydrogen-bond donors (Lipinski definition) is 0. The molecule has 0 aliphatic carbocycles. The Kier molecular flexibility index (Phi) is 14.0. The molecule has 0 amide bonds. The number of nitrogens with zero attached hydrogens (tertiary/aromatic N) is 2. The van der Waals surface area contributed by atoms with Crippen molar-refractivity contribution in [2.24, 2.45) is 0 Å². The van der Waals surface area contributed by atoms with Crippen molar-refractivity contribution in [2.75, 3.05) is 0 Å². The number of rotatable bonds is 7. The lowest BCUT2D eigenvalue weighted by Gasteiger charge is -2.20. The summed E-state index contributed by atoms with van der Waals surface area (Å²) in [5.74, 6) is 0. The Bertz CT molecular complexity index is 6640. The Balaban J connectivity index is 0.000000143. The van der Waals surface area contributed by atoms with Gasteiger partial charge in [0.05, 0.1) is 22.4 Å². The van der Waals surface area contributed by atoms with Gasteiger partial charge < -0.3 is 4.57 Å². The highest BCUT2D eigenvalue weighted by molar-refractivity contribution is 9.10. The number of halogens is 1. The van der Waals surface area contributed by atoms with E-state index in [1.54, 1.807) is 0 Å². The molecular formula is C94H58BrN2OP. The molecule has 0 bridgehead atoms. The minimum absolute atomic E-state index is 0.797. The Morgan fingerprint density at radius 3 is 0.859 bits per heavy atom. The van der Waals surface area contributed by atoms with Crippen molar-refractivity contribution in [3.8, 4) is 44.8 Å². The zero-order valence-electron chi connectivity index (χ0n) is 53.6. The first-order chi connectivity index (χ1) is 48.9. The van der Waals surface area contributed by atoms with Crippen LogP contribution in [0.25, 0.3) is 174 Å². The molecule has 20 aromatic rings. The van der Waals surface area contributed by atoms with E-state index in [0.717, 1.165) is 75.7 Å². The SMILES string of the molecule is Brc1ccc(-c2nc3ccccc3c3c2cc(-c2ccc4c5ccccc5c5ccccc5c4c2)c2ccccc23)cc1.O=P(c1ccccc1)(c1ccccc1)c1ccc(-c2nc3ccccc3c3c2cc(-c2ccc4c5ccccc5c5ccccc5c4c2)c2ccccc23)cc1. The molecule has 2 heterocycles. The van der Waals surface area contributed by atoms with Crippen LogP contribution >= 0.6 is 23.1 Å². The van der Waals surface area contributed by atoms with Crippen LogP contribution in [0.1, 0.15) is 0 Å². The zero-order chi connectivity index (χ0) is 65.7. The summed E-state index contributed by atoms with van der Waals surface area (Å²) in [6, 6.07) is 125. The fourth-order valence-electron chi connectivity index (χ4n) is 15.9. The van der Waals surface area contributed by atoms with Crippen LogP contribution in [0.5, 0.6) is 0 Å². The molecule has 0 aliphatic heterocycles. The van der Waals surface area contributed by atoms with Gasteiger partial charge in [-0.3, -0.25) is 0 Å². The summed E-state index contributed by atoms with van der Waals surface area (Å²) in [6.07, 6.45) is 0. The van der Waals surface area contributed by atoms with Crippen molar-refractivity contribution in [2.45, 2.75) is 0 Å². The van der Waals surface area contributed by atoms with Crippen molar-refractivity contribution in [3.05, 3.63) is 356 Å². The predicted molar refractivity (Wildman–Crippen MR) is 427 cm³/mol. The van der Waals surface area contributed by atoms with Gasteiger partial charge >= 0.3 is 0 Å². The summed E-state index contributed by atoms with van der Waals surface area (Å²) >= 11 is 3.61. The largest absolute Gasteiger partial charge is 0.309 e. The number of pyridine rings is 2. The van der Waals surface area contributed by atoms with Crippen LogP contribution in [0.2, 0.25) is 0 Å². The van der Waals surface area contributed by atoms with Crippen molar-refractivity contribution in [1.29, 1.82) is 0 Å². The molecule has 0 radical (unpaired) electrons. The van der Waals surface area contributed by atoms with Crippen LogP contribution < -0.4 is 15.9 Å². The average Bonchev–Trinajstić information content (AvgIpc) is 0.741. The molecular weight excluding hydrogens is 1280 g/mol. The van der Waals surface area contributed by atoms with Crippen molar-refractivity contribution < 1.29 is 4.57 Å². The van der Waals surface area contributed by atoms with Gasteiger partial charge in [-0.05, 0) is 157 Å². The van der Waals surface area contributed by atoms with Gasteiger partial charge in [-0.1, -0.05) is 319 Å². The lowest BCUT2D eigenvalue weighted by molar-refractivity contribution is 0.592. The molecule has 20 rings (SSSR count). The highest BCUT2D eigenvalue weighted by Gasteiger charge is 2.30. The lowest BCUT2D eigenvalue weighted by Crippen LogP contribution is -2.24. The second-order valence-electron chi connectivity index (χ2n) is 25.8. The number of fused-ring (bicyclic) bond motifs is 22. The second kappa shape index (κ2) is 23.7. The second-order valence-corrected chi connectivity index (χ2v) is 29.5. The smallest absolute Gasteiger partial charge is 0.171 e. The third-order valence-electron chi connectivity index (χ3n) is 20.4. The topological polar surface area (TPSA) is 42.9 Å². The van der Waals surface area contributed by atoms with Crippen LogP contribution in [-0.2, 0) is 4.57 Å². The summed E-state index contributed by atoms with van der Waals surface area (Å²) in [7, 11) is -3.13. The number of aromatic nitrogens is 2. The van der Waals surface area contributed by atoms with Crippen LogP contribution in [0.15, 0.2) is 356 Å². The van der Waals surface area contributed by atoms with Crippen LogP contribution in [0, 0.1) is 0 Å². The Hall–Kier alpha value is -11.9. The molecule has 0 spiro atoms. The Morgan fingerprint density at radius 2 is 0.485 bits per heavy atom. The molecule has 3 nitrogen and oxygen atoms in total. The van der Waals surface area contributed by atoms with Gasteiger partial charge in [0.1, 0.15) is 0 Å². The molecule has 2 aromatic heterocycles. The minimum atomic E-state index is -3.13. The molecule has 99 heavy (non-hydrogen) atoms. The van der Waals surface area contributed by atoms with Gasteiger partial charge in [-0.15, -0.1) is 0 Å². The highest BCUT2D eigenvalue weighted by Crippen LogP contribution is 2.48. The number of hydrogen-bond acceptors (Lipinski definition) is 3. The van der Waals surface area contributed by atoms with E-state index in [0.29, 0.717) is 0 Å². The summed E-state index contributed by atoms with van der Waals surface area (Å²) < 4.78 is 16.3. The average molecular weight is 1340 g/mol. The highest BCUT2D eigenvalue weighted by atomic mass is 79.9. The van der Waals surface area contributed by atoms with E-state index in [1.165, 1.54) is 119 Å². The van der Waals surface area contributed by atoms with Crippen LogP contribution in [0.3, 0.4) is 0 Å². The summed E-state index contributed by atoms with van der Waals surface area (Å²) in [5.41, 5.74) is 10.7. The fraction of sp³-hybridized carbons (Fsp3) is 0. The third kappa shape index (κ3) is 9.58. The normalized spacial score (nSPS) is 11.9. The van der Waals surface area contributed by atoms with Gasteiger partial charge in [0, 0.05) is 63.8 Å². The molecule has 0 N–H and O–H groups in total. The zero-order valence-corrected chi connectivity index (χ0v) is 56.1. The fourth-order valence-corrected chi connectivity index (χ4v) is 18.8. The molecule has 0 fully saturated rings. The predicted octanol–water partition coefficient (Wildman–Crippen LogP) is 25.1. The maximum Gasteiger partial charge on any atom is 0.171 e. The molecule has 0 unspecified atom stereocenters. The van der Waals surface area contributed by atoms with Crippen molar-refractivity contribution in [3.63, 3.8) is 0 Å². The summed E-state index contributed by atoms with van der Waals surface area (Å²) in [4.78, 5) is 10.6. The van der Waals surface area contributed by atoms with Gasteiger partial charge in [-0.2, -0.15) is 0 Å². The van der Waals surface area contributed by atoms with Crippen molar-refractivity contribution >= 4 is 169 Å².